The summed E-state index contributed by atoms with van der Waals surface area (Å²) in [6, 6.07) is 0. The number of rotatable bonds is 62. The molecule has 0 aliphatic carbocycles. The first-order chi connectivity index (χ1) is 37.7. The van der Waals surface area contributed by atoms with E-state index in [0.717, 1.165) is 51.4 Å². The fourth-order valence-electron chi connectivity index (χ4n) is 10.7. The molecule has 0 bridgehead atoms. The van der Waals surface area contributed by atoms with E-state index in [4.69, 9.17) is 0 Å². The van der Waals surface area contributed by atoms with E-state index in [0.29, 0.717) is 5.78 Å². The molecule has 0 aliphatic heterocycles. The fourth-order valence-corrected chi connectivity index (χ4v) is 10.7. The van der Waals surface area contributed by atoms with E-state index in [1.165, 1.54) is 283 Å². The van der Waals surface area contributed by atoms with Gasteiger partial charge in [0.2, 0.25) is 0 Å². The molecular weight excluding hydrogens is 917 g/mol. The van der Waals surface area contributed by atoms with E-state index in [9.17, 15) is 4.79 Å². The van der Waals surface area contributed by atoms with Gasteiger partial charge in [-0.15, -0.1) is 0 Å². The normalized spacial score (nSPS) is 13.4. The summed E-state index contributed by atoms with van der Waals surface area (Å²) in [5.74, 6) is 1.25. The van der Waals surface area contributed by atoms with Crippen LogP contribution in [0.25, 0.3) is 0 Å². The molecule has 0 rings (SSSR count). The quantitative estimate of drug-likeness (QED) is 0.0438. The van der Waals surface area contributed by atoms with Crippen LogP contribution in [0.5, 0.6) is 0 Å². The van der Waals surface area contributed by atoms with Crippen molar-refractivity contribution >= 4 is 5.78 Å². The van der Waals surface area contributed by atoms with Gasteiger partial charge in [0.15, 0.2) is 0 Å². The summed E-state index contributed by atoms with van der Waals surface area (Å²) >= 11 is 0. The first-order valence-electron chi connectivity index (χ1n) is 34.4. The number of unbranched alkanes of at least 4 members (excludes halogenated alkanes) is 36. The smallest absolute Gasteiger partial charge is 0.139 e. The Labute approximate surface area is 478 Å². The fraction of sp³-hybridized carbons (Fsp3) is 0.773. The highest BCUT2D eigenvalue weighted by atomic mass is 16.1. The van der Waals surface area contributed by atoms with Crippen molar-refractivity contribution in [2.24, 2.45) is 11.8 Å². The Hall–Kier alpha value is -2.41. The Morgan fingerprint density at radius 3 is 0.553 bits per heavy atom. The van der Waals surface area contributed by atoms with Crippen molar-refractivity contribution in [2.45, 2.75) is 362 Å². The maximum absolute atomic E-state index is 14.8. The summed E-state index contributed by atoms with van der Waals surface area (Å²) in [6.45, 7) is 9.12. The molecule has 0 aromatic carbocycles. The van der Waals surface area contributed by atoms with Gasteiger partial charge in [0.1, 0.15) is 5.78 Å². The van der Waals surface area contributed by atoms with Crippen molar-refractivity contribution in [1.82, 2.24) is 0 Å². The summed E-state index contributed by atoms with van der Waals surface area (Å²) < 4.78 is 0. The van der Waals surface area contributed by atoms with Crippen molar-refractivity contribution in [3.05, 3.63) is 97.2 Å². The number of carbonyl (C=O) groups excluding carboxylic acids is 1. The second-order valence-corrected chi connectivity index (χ2v) is 23.3. The van der Waals surface area contributed by atoms with Crippen LogP contribution in [0.15, 0.2) is 97.2 Å². The zero-order valence-corrected chi connectivity index (χ0v) is 52.1. The molecule has 0 aromatic rings. The van der Waals surface area contributed by atoms with E-state index in [1.54, 1.807) is 0 Å². The molecule has 0 spiro atoms. The van der Waals surface area contributed by atoms with Gasteiger partial charge in [-0.05, 0) is 154 Å². The average molecular weight is 1050 g/mol. The van der Waals surface area contributed by atoms with Crippen molar-refractivity contribution in [2.75, 3.05) is 0 Å². The molecule has 0 heterocycles. The molecule has 0 aromatic heterocycles. The van der Waals surface area contributed by atoms with Gasteiger partial charge in [0.05, 0.1) is 0 Å². The molecule has 1 nitrogen and oxygen atoms in total. The van der Waals surface area contributed by atoms with Crippen LogP contribution in [0.4, 0.5) is 0 Å². The SMILES string of the molecule is CCCCCC=CCC=CCCCCCCCCC(CCCCCCCCC=CCC=CCCCCC)C(=O)C(CCCCCCCCC=CCC=CCCCCC)CCCCCCCCC=CCC=CCCCCC. The van der Waals surface area contributed by atoms with Crippen LogP contribution in [0.2, 0.25) is 0 Å². The van der Waals surface area contributed by atoms with Gasteiger partial charge in [-0.3, -0.25) is 4.79 Å². The van der Waals surface area contributed by atoms with Crippen molar-refractivity contribution in [3.63, 3.8) is 0 Å². The Bertz CT molecular complexity index is 1170. The van der Waals surface area contributed by atoms with Gasteiger partial charge in [-0.25, -0.2) is 0 Å². The Kier molecular flexibility index (Phi) is 64.7. The molecule has 0 saturated heterocycles. The Morgan fingerprint density at radius 2 is 0.368 bits per heavy atom. The van der Waals surface area contributed by atoms with Gasteiger partial charge < -0.3 is 0 Å². The first kappa shape index (κ1) is 73.6. The van der Waals surface area contributed by atoms with Gasteiger partial charge in [0.25, 0.3) is 0 Å². The summed E-state index contributed by atoms with van der Waals surface area (Å²) in [7, 11) is 0. The average Bonchev–Trinajstić information content (AvgIpc) is 3.43. The lowest BCUT2D eigenvalue weighted by Crippen LogP contribution is -2.24. The zero-order chi connectivity index (χ0) is 54.8. The van der Waals surface area contributed by atoms with Gasteiger partial charge in [0, 0.05) is 11.8 Å². The monoisotopic (exact) mass is 1050 g/mol. The molecule has 0 atom stereocenters. The van der Waals surface area contributed by atoms with Crippen LogP contribution in [0.3, 0.4) is 0 Å². The van der Waals surface area contributed by atoms with E-state index in [2.05, 4.69) is 125 Å². The van der Waals surface area contributed by atoms with Gasteiger partial charge >= 0.3 is 0 Å². The second kappa shape index (κ2) is 66.9. The number of carbonyl (C=O) groups is 1. The number of hydrogen-bond donors (Lipinski definition) is 0. The van der Waals surface area contributed by atoms with Crippen LogP contribution in [-0.2, 0) is 4.79 Å². The molecule has 0 aliphatic rings. The Morgan fingerprint density at radius 1 is 0.211 bits per heavy atom. The van der Waals surface area contributed by atoms with Crippen molar-refractivity contribution in [3.8, 4) is 0 Å². The standard InChI is InChI=1S/C75H134O/c1-5-9-13-17-21-25-29-33-37-41-45-49-53-57-61-65-69-73(70-66-62-58-54-50-46-42-38-34-30-26-22-18-14-10-6-2)75(76)74(71-67-63-59-55-51-47-43-39-35-31-27-23-19-15-11-7-3)72-68-64-60-56-52-48-44-40-36-32-28-24-20-16-12-8-4/h21-28,33-40,73-74H,5-20,29-32,41-72H2,1-4H3. The topological polar surface area (TPSA) is 17.1 Å². The van der Waals surface area contributed by atoms with Crippen molar-refractivity contribution in [1.29, 1.82) is 0 Å². The number of Topliss-reactive ketones (excluding diaryl/α,β-unsaturated/α-hetero) is 1. The largest absolute Gasteiger partial charge is 0.299 e. The minimum atomic E-state index is 0.288. The van der Waals surface area contributed by atoms with Crippen LogP contribution in [-0.4, -0.2) is 5.78 Å². The molecule has 1 heteroatoms. The Balaban J connectivity index is 5.21. The van der Waals surface area contributed by atoms with Crippen LogP contribution in [0, 0.1) is 11.8 Å². The summed E-state index contributed by atoms with van der Waals surface area (Å²) in [5, 5.41) is 0. The van der Waals surface area contributed by atoms with E-state index in [-0.39, 0.29) is 11.8 Å². The molecule has 0 fully saturated rings. The molecule has 0 N–H and O–H groups in total. The molecule has 0 radical (unpaired) electrons. The minimum absolute atomic E-state index is 0.288. The lowest BCUT2D eigenvalue weighted by Gasteiger charge is -2.23. The van der Waals surface area contributed by atoms with Crippen LogP contribution < -0.4 is 0 Å². The van der Waals surface area contributed by atoms with Gasteiger partial charge in [-0.2, -0.15) is 0 Å². The number of allylic oxidation sites excluding steroid dienone is 16. The highest BCUT2D eigenvalue weighted by Gasteiger charge is 2.26. The van der Waals surface area contributed by atoms with Gasteiger partial charge in [-0.1, -0.05) is 305 Å². The lowest BCUT2D eigenvalue weighted by molar-refractivity contribution is -0.128. The van der Waals surface area contributed by atoms with E-state index < -0.39 is 0 Å². The second-order valence-electron chi connectivity index (χ2n) is 23.3. The van der Waals surface area contributed by atoms with E-state index in [1.807, 2.05) is 0 Å². The lowest BCUT2D eigenvalue weighted by atomic mass is 9.80. The summed E-state index contributed by atoms with van der Waals surface area (Å²) in [4.78, 5) is 14.8. The maximum atomic E-state index is 14.8. The van der Waals surface area contributed by atoms with E-state index >= 15 is 0 Å². The highest BCUT2D eigenvalue weighted by Crippen LogP contribution is 2.29. The highest BCUT2D eigenvalue weighted by molar-refractivity contribution is 5.83. The molecule has 440 valence electrons. The first-order valence-corrected chi connectivity index (χ1v) is 34.4. The molecule has 0 amide bonds. The third-order valence-corrected chi connectivity index (χ3v) is 15.8. The predicted molar refractivity (Wildman–Crippen MR) is 348 cm³/mol. The third-order valence-electron chi connectivity index (χ3n) is 15.8. The summed E-state index contributed by atoms with van der Waals surface area (Å²) in [5.41, 5.74) is 0. The summed E-state index contributed by atoms with van der Waals surface area (Å²) in [6.07, 6.45) is 104. The molecule has 0 unspecified atom stereocenters. The van der Waals surface area contributed by atoms with Crippen LogP contribution >= 0.6 is 0 Å². The molecular formula is C75H134O. The van der Waals surface area contributed by atoms with Crippen molar-refractivity contribution < 1.29 is 4.79 Å². The minimum Gasteiger partial charge on any atom is -0.299 e. The third kappa shape index (κ3) is 59.3. The molecule has 76 heavy (non-hydrogen) atoms. The zero-order valence-electron chi connectivity index (χ0n) is 52.1. The van der Waals surface area contributed by atoms with Crippen LogP contribution in [0.1, 0.15) is 362 Å². The number of ketones is 1. The predicted octanol–water partition coefficient (Wildman–Crippen LogP) is 26.6. The number of hydrogen-bond acceptors (Lipinski definition) is 1. The maximum Gasteiger partial charge on any atom is 0.139 e. The molecule has 0 saturated carbocycles.